The summed E-state index contributed by atoms with van der Waals surface area (Å²) in [5.74, 6) is 1.97. The number of carbonyl (C=O) groups excluding carboxylic acids is 1. The second-order valence-corrected chi connectivity index (χ2v) is 6.61. The minimum absolute atomic E-state index is 0. The zero-order valence-corrected chi connectivity index (χ0v) is 14.8. The number of methoxy groups -OCH3 is 1. The van der Waals surface area contributed by atoms with Crippen LogP contribution in [0.3, 0.4) is 0 Å². The van der Waals surface area contributed by atoms with Crippen LogP contribution in [0.15, 0.2) is 29.2 Å². The molecule has 1 aromatic rings. The molecule has 6 heteroatoms. The Bertz CT molecular complexity index is 468. The highest BCUT2D eigenvalue weighted by Gasteiger charge is 2.25. The Balaban J connectivity index is 0.00000242. The fourth-order valence-electron chi connectivity index (χ4n) is 2.57. The second kappa shape index (κ2) is 9.28. The third-order valence-electron chi connectivity index (χ3n) is 3.98. The van der Waals surface area contributed by atoms with E-state index in [0.29, 0.717) is 11.7 Å². The van der Waals surface area contributed by atoms with Crippen LogP contribution in [-0.2, 0) is 4.79 Å². The molecule has 0 spiro atoms. The maximum absolute atomic E-state index is 12.3. The highest BCUT2D eigenvalue weighted by molar-refractivity contribution is 8.00. The number of nitrogens with two attached hydrogens (primary N) is 1. The Morgan fingerprint density at radius 3 is 2.73 bits per heavy atom. The number of ether oxygens (including phenoxy) is 1. The zero-order chi connectivity index (χ0) is 15.2. The van der Waals surface area contributed by atoms with Crippen LogP contribution >= 0.6 is 24.2 Å². The quantitative estimate of drug-likeness (QED) is 0.834. The lowest BCUT2D eigenvalue weighted by molar-refractivity contribution is -0.130. The van der Waals surface area contributed by atoms with Gasteiger partial charge in [-0.1, -0.05) is 0 Å². The van der Waals surface area contributed by atoms with E-state index in [9.17, 15) is 4.79 Å². The molecule has 1 saturated heterocycles. The highest BCUT2D eigenvalue weighted by atomic mass is 35.5. The number of amides is 1. The molecule has 0 aliphatic carbocycles. The van der Waals surface area contributed by atoms with E-state index in [2.05, 4.69) is 0 Å². The molecule has 1 aliphatic rings. The van der Waals surface area contributed by atoms with Crippen molar-refractivity contribution in [1.29, 1.82) is 0 Å². The number of thioether (sulfide) groups is 1. The van der Waals surface area contributed by atoms with E-state index in [1.165, 1.54) is 0 Å². The molecule has 0 saturated carbocycles. The summed E-state index contributed by atoms with van der Waals surface area (Å²) in [4.78, 5) is 15.4. The Hall–Kier alpha value is -0.910. The third-order valence-corrected chi connectivity index (χ3v) is 4.97. The summed E-state index contributed by atoms with van der Waals surface area (Å²) in [6.45, 7) is 3.70. The summed E-state index contributed by atoms with van der Waals surface area (Å²) in [5, 5.41) is 0. The normalized spacial score (nSPS) is 19.2. The first-order chi connectivity index (χ1) is 10.1. The lowest BCUT2D eigenvalue weighted by Gasteiger charge is -2.34. The molecule has 1 amide bonds. The van der Waals surface area contributed by atoms with Crippen LogP contribution in [0.1, 0.15) is 19.8 Å². The average molecular weight is 345 g/mol. The van der Waals surface area contributed by atoms with Crippen LogP contribution in [0.2, 0.25) is 0 Å². The Morgan fingerprint density at radius 1 is 1.45 bits per heavy atom. The van der Waals surface area contributed by atoms with Gasteiger partial charge in [0.15, 0.2) is 0 Å². The summed E-state index contributed by atoms with van der Waals surface area (Å²) >= 11 is 1.57. The second-order valence-electron chi connectivity index (χ2n) is 5.57. The van der Waals surface area contributed by atoms with Gasteiger partial charge in [-0.2, -0.15) is 0 Å². The lowest BCUT2D eigenvalue weighted by atomic mass is 9.92. The van der Waals surface area contributed by atoms with Crippen LogP contribution in [0.4, 0.5) is 0 Å². The monoisotopic (exact) mass is 344 g/mol. The first-order valence-corrected chi connectivity index (χ1v) is 8.39. The minimum Gasteiger partial charge on any atom is -0.497 e. The van der Waals surface area contributed by atoms with Crippen LogP contribution in [0.25, 0.3) is 0 Å². The zero-order valence-electron chi connectivity index (χ0n) is 13.2. The number of nitrogens with zero attached hydrogens (tertiary/aromatic N) is 1. The molecule has 0 aromatic heterocycles. The molecule has 124 valence electrons. The first kappa shape index (κ1) is 19.1. The fourth-order valence-corrected chi connectivity index (χ4v) is 3.38. The van der Waals surface area contributed by atoms with E-state index in [1.807, 2.05) is 36.1 Å². The predicted molar refractivity (Wildman–Crippen MR) is 93.9 cm³/mol. The van der Waals surface area contributed by atoms with Crippen molar-refractivity contribution in [2.45, 2.75) is 30.7 Å². The number of carbonyl (C=O) groups is 1. The summed E-state index contributed by atoms with van der Waals surface area (Å²) in [6, 6.07) is 7.96. The van der Waals surface area contributed by atoms with Crippen molar-refractivity contribution in [3.8, 4) is 5.75 Å². The van der Waals surface area contributed by atoms with Crippen LogP contribution in [0.5, 0.6) is 5.75 Å². The first-order valence-electron chi connectivity index (χ1n) is 7.40. The fraction of sp³-hybridized carbons (Fsp3) is 0.562. The molecule has 2 unspecified atom stereocenters. The minimum atomic E-state index is 0. The van der Waals surface area contributed by atoms with Crippen LogP contribution < -0.4 is 10.5 Å². The Morgan fingerprint density at radius 2 is 2.14 bits per heavy atom. The van der Waals surface area contributed by atoms with Crippen molar-refractivity contribution in [2.24, 2.45) is 11.7 Å². The molecule has 2 N–H and O–H groups in total. The molecule has 1 heterocycles. The van der Waals surface area contributed by atoms with E-state index < -0.39 is 0 Å². The van der Waals surface area contributed by atoms with E-state index in [0.717, 1.165) is 36.6 Å². The number of hydrogen-bond acceptors (Lipinski definition) is 4. The standard InChI is InChI=1S/C16H24N2O2S.ClH/c1-12(17)13-4-3-9-18(10-13)16(19)11-21-15-7-5-14(20-2)6-8-15;/h5-8,12-13H,3-4,9-11,17H2,1-2H3;1H. The third kappa shape index (κ3) is 5.38. The van der Waals surface area contributed by atoms with Gasteiger partial charge in [0.25, 0.3) is 0 Å². The van der Waals surface area contributed by atoms with Gasteiger partial charge < -0.3 is 15.4 Å². The molecular weight excluding hydrogens is 320 g/mol. The van der Waals surface area contributed by atoms with Crippen molar-refractivity contribution in [3.05, 3.63) is 24.3 Å². The van der Waals surface area contributed by atoms with Gasteiger partial charge in [0, 0.05) is 24.0 Å². The molecule has 2 rings (SSSR count). The van der Waals surface area contributed by atoms with Crippen molar-refractivity contribution in [1.82, 2.24) is 4.90 Å². The number of halogens is 1. The molecule has 1 aromatic carbocycles. The van der Waals surface area contributed by atoms with Gasteiger partial charge >= 0.3 is 0 Å². The maximum Gasteiger partial charge on any atom is 0.232 e. The van der Waals surface area contributed by atoms with Gasteiger partial charge in [0.1, 0.15) is 5.75 Å². The van der Waals surface area contributed by atoms with E-state index >= 15 is 0 Å². The lowest BCUT2D eigenvalue weighted by Crippen LogP contribution is -2.45. The SMILES string of the molecule is COc1ccc(SCC(=O)N2CCCC(C(C)N)C2)cc1.Cl. The van der Waals surface area contributed by atoms with Gasteiger partial charge in [0.2, 0.25) is 5.91 Å². The summed E-state index contributed by atoms with van der Waals surface area (Å²) in [7, 11) is 1.65. The van der Waals surface area contributed by atoms with E-state index in [1.54, 1.807) is 18.9 Å². The summed E-state index contributed by atoms with van der Waals surface area (Å²) < 4.78 is 5.13. The summed E-state index contributed by atoms with van der Waals surface area (Å²) in [6.07, 6.45) is 2.19. The highest BCUT2D eigenvalue weighted by Crippen LogP contribution is 2.23. The van der Waals surface area contributed by atoms with Gasteiger partial charge in [-0.25, -0.2) is 0 Å². The van der Waals surface area contributed by atoms with Gasteiger partial charge in [-0.15, -0.1) is 24.2 Å². The smallest absolute Gasteiger partial charge is 0.232 e. The predicted octanol–water partition coefficient (Wildman–Crippen LogP) is 2.79. The van der Waals surface area contributed by atoms with Gasteiger partial charge in [-0.05, 0) is 49.9 Å². The van der Waals surface area contributed by atoms with Crippen molar-refractivity contribution in [3.63, 3.8) is 0 Å². The van der Waals surface area contributed by atoms with Crippen molar-refractivity contribution >= 4 is 30.1 Å². The summed E-state index contributed by atoms with van der Waals surface area (Å²) in [5.41, 5.74) is 5.97. The largest absolute Gasteiger partial charge is 0.497 e. The van der Waals surface area contributed by atoms with Gasteiger partial charge in [-0.3, -0.25) is 4.79 Å². The van der Waals surface area contributed by atoms with E-state index in [4.69, 9.17) is 10.5 Å². The molecule has 2 atom stereocenters. The molecule has 0 radical (unpaired) electrons. The van der Waals surface area contributed by atoms with Gasteiger partial charge in [0.05, 0.1) is 12.9 Å². The number of rotatable bonds is 5. The number of benzene rings is 1. The molecule has 0 bridgehead atoms. The topological polar surface area (TPSA) is 55.6 Å². The number of hydrogen-bond donors (Lipinski definition) is 1. The number of piperidine rings is 1. The Kier molecular flexibility index (Phi) is 8.07. The number of likely N-dealkylation sites (tertiary alicyclic amines) is 1. The van der Waals surface area contributed by atoms with Crippen LogP contribution in [-0.4, -0.2) is 42.8 Å². The molecule has 1 aliphatic heterocycles. The molecular formula is C16H25ClN2O2S. The molecule has 4 nitrogen and oxygen atoms in total. The van der Waals surface area contributed by atoms with Crippen molar-refractivity contribution in [2.75, 3.05) is 26.0 Å². The molecule has 22 heavy (non-hydrogen) atoms. The maximum atomic E-state index is 12.3. The van der Waals surface area contributed by atoms with Crippen molar-refractivity contribution < 1.29 is 9.53 Å². The van der Waals surface area contributed by atoms with E-state index in [-0.39, 0.29) is 24.4 Å². The molecule has 1 fully saturated rings. The van der Waals surface area contributed by atoms with Crippen LogP contribution in [0, 0.1) is 5.92 Å². The Labute approximate surface area is 143 Å². The average Bonchev–Trinajstić information content (AvgIpc) is 2.53.